The van der Waals surface area contributed by atoms with Gasteiger partial charge >= 0.3 is 0 Å². The van der Waals surface area contributed by atoms with Crippen LogP contribution in [0.15, 0.2) is 29.4 Å². The number of hydrogen-bond acceptors (Lipinski definition) is 3. The highest BCUT2D eigenvalue weighted by atomic mass is 16.5. The molecule has 0 unspecified atom stereocenters. The fourth-order valence-electron chi connectivity index (χ4n) is 1.81. The first-order valence-corrected chi connectivity index (χ1v) is 5.76. The van der Waals surface area contributed by atoms with Crippen molar-refractivity contribution < 1.29 is 9.94 Å². The van der Waals surface area contributed by atoms with Gasteiger partial charge in [-0.1, -0.05) is 35.2 Å². The minimum absolute atomic E-state index is 0.419. The summed E-state index contributed by atoms with van der Waals surface area (Å²) in [4.78, 5) is 0. The standard InChI is InChI=1S/C14H15NO2/c16-15-11-14-4-2-1-3-13(14)6-5-12-7-9-17-10-8-12/h1-4,11-12,16H,7-10H2. The van der Waals surface area contributed by atoms with Gasteiger partial charge in [0.2, 0.25) is 0 Å². The van der Waals surface area contributed by atoms with E-state index >= 15 is 0 Å². The van der Waals surface area contributed by atoms with E-state index in [9.17, 15) is 0 Å². The minimum Gasteiger partial charge on any atom is -0.411 e. The molecule has 3 nitrogen and oxygen atoms in total. The lowest BCUT2D eigenvalue weighted by molar-refractivity contribution is 0.0807. The van der Waals surface area contributed by atoms with E-state index < -0.39 is 0 Å². The average Bonchev–Trinajstić information content (AvgIpc) is 2.39. The number of oxime groups is 1. The van der Waals surface area contributed by atoms with Crippen LogP contribution >= 0.6 is 0 Å². The molecule has 1 saturated heterocycles. The van der Waals surface area contributed by atoms with Crippen LogP contribution in [0.25, 0.3) is 0 Å². The number of rotatable bonds is 1. The van der Waals surface area contributed by atoms with Gasteiger partial charge in [-0.2, -0.15) is 0 Å². The van der Waals surface area contributed by atoms with Crippen LogP contribution in [0, 0.1) is 17.8 Å². The molecule has 88 valence electrons. The lowest BCUT2D eigenvalue weighted by Gasteiger charge is -2.16. The van der Waals surface area contributed by atoms with Crippen molar-refractivity contribution in [2.45, 2.75) is 12.8 Å². The summed E-state index contributed by atoms with van der Waals surface area (Å²) in [7, 11) is 0. The summed E-state index contributed by atoms with van der Waals surface area (Å²) in [6.45, 7) is 1.61. The predicted octanol–water partition coefficient (Wildman–Crippen LogP) is 2.27. The van der Waals surface area contributed by atoms with Crippen molar-refractivity contribution in [3.63, 3.8) is 0 Å². The van der Waals surface area contributed by atoms with Crippen molar-refractivity contribution in [1.29, 1.82) is 0 Å². The average molecular weight is 229 g/mol. The SMILES string of the molecule is ON=Cc1ccccc1C#CC1CCOCC1. The first kappa shape index (κ1) is 11.7. The smallest absolute Gasteiger partial charge is 0.0746 e. The second kappa shape index (κ2) is 6.07. The molecule has 0 bridgehead atoms. The number of nitrogens with zero attached hydrogens (tertiary/aromatic N) is 1. The van der Waals surface area contributed by atoms with Gasteiger partial charge in [-0.3, -0.25) is 0 Å². The molecule has 0 amide bonds. The van der Waals surface area contributed by atoms with E-state index in [1.165, 1.54) is 6.21 Å². The molecule has 1 heterocycles. The first-order chi connectivity index (χ1) is 8.40. The van der Waals surface area contributed by atoms with Gasteiger partial charge in [0.25, 0.3) is 0 Å². The van der Waals surface area contributed by atoms with E-state index in [0.29, 0.717) is 5.92 Å². The topological polar surface area (TPSA) is 41.8 Å². The highest BCUT2D eigenvalue weighted by Crippen LogP contribution is 2.14. The van der Waals surface area contributed by atoms with Gasteiger partial charge in [-0.05, 0) is 18.9 Å². The molecule has 17 heavy (non-hydrogen) atoms. The molecule has 2 rings (SSSR count). The third kappa shape index (κ3) is 3.33. The van der Waals surface area contributed by atoms with Gasteiger partial charge in [-0.15, -0.1) is 0 Å². The van der Waals surface area contributed by atoms with Crippen LogP contribution in [-0.2, 0) is 4.74 Å². The maximum atomic E-state index is 8.57. The molecule has 1 aromatic rings. The molecule has 1 aromatic carbocycles. The zero-order valence-electron chi connectivity index (χ0n) is 9.60. The molecular weight excluding hydrogens is 214 g/mol. The monoisotopic (exact) mass is 229 g/mol. The molecular formula is C14H15NO2. The Morgan fingerprint density at radius 2 is 2.06 bits per heavy atom. The number of ether oxygens (including phenoxy) is 1. The van der Waals surface area contributed by atoms with E-state index in [-0.39, 0.29) is 0 Å². The van der Waals surface area contributed by atoms with Crippen molar-refractivity contribution >= 4 is 6.21 Å². The minimum atomic E-state index is 0.419. The summed E-state index contributed by atoms with van der Waals surface area (Å²) in [5.74, 6) is 6.84. The molecule has 1 N–H and O–H groups in total. The highest BCUT2D eigenvalue weighted by molar-refractivity contribution is 5.82. The summed E-state index contributed by atoms with van der Waals surface area (Å²) >= 11 is 0. The molecule has 0 atom stereocenters. The Balaban J connectivity index is 2.14. The third-order valence-electron chi connectivity index (χ3n) is 2.79. The molecule has 0 aromatic heterocycles. The van der Waals surface area contributed by atoms with Gasteiger partial charge in [0.1, 0.15) is 0 Å². The van der Waals surface area contributed by atoms with Crippen LogP contribution < -0.4 is 0 Å². The van der Waals surface area contributed by atoms with E-state index in [0.717, 1.165) is 37.2 Å². The van der Waals surface area contributed by atoms with Gasteiger partial charge in [0, 0.05) is 30.3 Å². The molecule has 1 aliphatic heterocycles. The van der Waals surface area contributed by atoms with Crippen LogP contribution in [0.4, 0.5) is 0 Å². The Morgan fingerprint density at radius 1 is 1.29 bits per heavy atom. The molecule has 0 saturated carbocycles. The molecule has 0 spiro atoms. The van der Waals surface area contributed by atoms with Crippen LogP contribution in [-0.4, -0.2) is 24.6 Å². The molecule has 0 aliphatic carbocycles. The van der Waals surface area contributed by atoms with Gasteiger partial charge in [0.05, 0.1) is 6.21 Å². The largest absolute Gasteiger partial charge is 0.411 e. The summed E-state index contributed by atoms with van der Waals surface area (Å²) in [5, 5.41) is 11.6. The van der Waals surface area contributed by atoms with Crippen molar-refractivity contribution in [3.8, 4) is 11.8 Å². The van der Waals surface area contributed by atoms with Gasteiger partial charge in [0.15, 0.2) is 0 Å². The summed E-state index contributed by atoms with van der Waals surface area (Å²) in [6, 6.07) is 7.65. The summed E-state index contributed by atoms with van der Waals surface area (Å²) in [5.41, 5.74) is 1.74. The lowest BCUT2D eigenvalue weighted by atomic mass is 10.00. The van der Waals surface area contributed by atoms with E-state index in [4.69, 9.17) is 9.94 Å². The van der Waals surface area contributed by atoms with Gasteiger partial charge in [-0.25, -0.2) is 0 Å². The van der Waals surface area contributed by atoms with Crippen LogP contribution in [0.3, 0.4) is 0 Å². The van der Waals surface area contributed by atoms with Crippen molar-refractivity contribution in [1.82, 2.24) is 0 Å². The summed E-state index contributed by atoms with van der Waals surface area (Å²) in [6.07, 6.45) is 3.42. The maximum Gasteiger partial charge on any atom is 0.0746 e. The zero-order chi connectivity index (χ0) is 11.9. The Hall–Kier alpha value is -1.79. The third-order valence-corrected chi connectivity index (χ3v) is 2.79. The van der Waals surface area contributed by atoms with Crippen LogP contribution in [0.5, 0.6) is 0 Å². The Morgan fingerprint density at radius 3 is 2.82 bits per heavy atom. The molecule has 1 fully saturated rings. The number of hydrogen-bond donors (Lipinski definition) is 1. The van der Waals surface area contributed by atoms with E-state index in [2.05, 4.69) is 17.0 Å². The Labute approximate surface area is 101 Å². The zero-order valence-corrected chi connectivity index (χ0v) is 9.60. The Kier molecular flexibility index (Phi) is 4.17. The van der Waals surface area contributed by atoms with E-state index in [1.54, 1.807) is 0 Å². The fourth-order valence-corrected chi connectivity index (χ4v) is 1.81. The van der Waals surface area contributed by atoms with Crippen molar-refractivity contribution in [2.24, 2.45) is 11.1 Å². The van der Waals surface area contributed by atoms with Crippen LogP contribution in [0.1, 0.15) is 24.0 Å². The quantitative estimate of drug-likeness (QED) is 0.347. The second-order valence-corrected chi connectivity index (χ2v) is 3.99. The number of benzene rings is 1. The molecule has 3 heteroatoms. The fraction of sp³-hybridized carbons (Fsp3) is 0.357. The van der Waals surface area contributed by atoms with Crippen molar-refractivity contribution in [2.75, 3.05) is 13.2 Å². The maximum absolute atomic E-state index is 8.57. The summed E-state index contributed by atoms with van der Waals surface area (Å²) < 4.78 is 5.29. The predicted molar refractivity (Wildman–Crippen MR) is 66.2 cm³/mol. The second-order valence-electron chi connectivity index (χ2n) is 3.99. The van der Waals surface area contributed by atoms with Crippen LogP contribution in [0.2, 0.25) is 0 Å². The highest BCUT2D eigenvalue weighted by Gasteiger charge is 2.10. The molecule has 0 radical (unpaired) electrons. The molecule has 1 aliphatic rings. The normalized spacial score (nSPS) is 16.7. The lowest BCUT2D eigenvalue weighted by Crippen LogP contribution is -2.13. The van der Waals surface area contributed by atoms with Crippen molar-refractivity contribution in [3.05, 3.63) is 35.4 Å². The Bertz CT molecular complexity index is 451. The van der Waals surface area contributed by atoms with Gasteiger partial charge < -0.3 is 9.94 Å². The van der Waals surface area contributed by atoms with E-state index in [1.807, 2.05) is 24.3 Å². The first-order valence-electron chi connectivity index (χ1n) is 5.76.